The van der Waals surface area contributed by atoms with Gasteiger partial charge in [0.15, 0.2) is 11.5 Å². The number of aromatic nitrogens is 4. The summed E-state index contributed by atoms with van der Waals surface area (Å²) in [6.45, 7) is 0.423. The number of hydrogen-bond acceptors (Lipinski definition) is 6. The highest BCUT2D eigenvalue weighted by Gasteiger charge is 2.09. The zero-order valence-corrected chi connectivity index (χ0v) is 12.7. The van der Waals surface area contributed by atoms with E-state index in [0.717, 1.165) is 5.56 Å². The van der Waals surface area contributed by atoms with E-state index in [9.17, 15) is 8.42 Å². The Bertz CT molecular complexity index is 922. The Hall–Kier alpha value is -2.23. The molecule has 4 N–H and O–H groups in total. The maximum Gasteiger partial charge on any atom is 0.238 e. The summed E-state index contributed by atoms with van der Waals surface area (Å²) in [4.78, 5) is 15.1. The first-order chi connectivity index (χ1) is 10.4. The summed E-state index contributed by atoms with van der Waals surface area (Å²) in [7, 11) is -3.69. The van der Waals surface area contributed by atoms with E-state index < -0.39 is 10.0 Å². The second-order valence-electron chi connectivity index (χ2n) is 4.48. The summed E-state index contributed by atoms with van der Waals surface area (Å²) in [6, 6.07) is 6.23. The molecule has 0 fully saturated rings. The van der Waals surface area contributed by atoms with E-state index in [0.29, 0.717) is 23.5 Å². The molecule has 114 valence electrons. The highest BCUT2D eigenvalue weighted by Crippen LogP contribution is 2.19. The van der Waals surface area contributed by atoms with Crippen molar-refractivity contribution in [1.82, 2.24) is 19.9 Å². The van der Waals surface area contributed by atoms with Gasteiger partial charge in [0.1, 0.15) is 5.52 Å². The fourth-order valence-corrected chi connectivity index (χ4v) is 2.60. The fourth-order valence-electron chi connectivity index (χ4n) is 1.92. The SMILES string of the molecule is NS(=O)(=O)c1ccc(CNc2nc(Cl)nc3nc[nH]c23)cc1. The zero-order chi connectivity index (χ0) is 15.7. The van der Waals surface area contributed by atoms with Crippen LogP contribution in [0.4, 0.5) is 5.82 Å². The Morgan fingerprint density at radius 3 is 2.64 bits per heavy atom. The largest absolute Gasteiger partial charge is 0.364 e. The molecular formula is C12H11ClN6O2S. The van der Waals surface area contributed by atoms with Crippen LogP contribution >= 0.6 is 11.6 Å². The molecule has 0 spiro atoms. The van der Waals surface area contributed by atoms with Crippen LogP contribution in [0.3, 0.4) is 0 Å². The smallest absolute Gasteiger partial charge is 0.238 e. The number of aromatic amines is 1. The number of H-pyrrole nitrogens is 1. The van der Waals surface area contributed by atoms with Gasteiger partial charge < -0.3 is 10.3 Å². The molecule has 10 heteroatoms. The van der Waals surface area contributed by atoms with Crippen LogP contribution in [-0.2, 0) is 16.6 Å². The number of fused-ring (bicyclic) bond motifs is 1. The predicted octanol–water partition coefficient (Wildman–Crippen LogP) is 1.27. The van der Waals surface area contributed by atoms with Crippen LogP contribution in [0.5, 0.6) is 0 Å². The van der Waals surface area contributed by atoms with Gasteiger partial charge in [-0.05, 0) is 29.3 Å². The van der Waals surface area contributed by atoms with Crippen molar-refractivity contribution in [2.45, 2.75) is 11.4 Å². The minimum absolute atomic E-state index is 0.0669. The van der Waals surface area contributed by atoms with Crippen molar-refractivity contribution in [1.29, 1.82) is 0 Å². The fraction of sp³-hybridized carbons (Fsp3) is 0.0833. The van der Waals surface area contributed by atoms with E-state index in [1.165, 1.54) is 18.5 Å². The van der Waals surface area contributed by atoms with Crippen LogP contribution in [0.2, 0.25) is 5.28 Å². The molecule has 0 amide bonds. The van der Waals surface area contributed by atoms with Crippen LogP contribution < -0.4 is 10.5 Å². The minimum Gasteiger partial charge on any atom is -0.364 e. The van der Waals surface area contributed by atoms with Crippen molar-refractivity contribution < 1.29 is 8.42 Å². The van der Waals surface area contributed by atoms with Crippen LogP contribution in [0.1, 0.15) is 5.56 Å². The summed E-state index contributed by atoms with van der Waals surface area (Å²) in [5.74, 6) is 0.517. The number of sulfonamides is 1. The molecule has 8 nitrogen and oxygen atoms in total. The number of anilines is 1. The molecule has 3 rings (SSSR count). The molecule has 0 aliphatic rings. The third-order valence-electron chi connectivity index (χ3n) is 2.97. The number of nitrogens with zero attached hydrogens (tertiary/aromatic N) is 3. The maximum absolute atomic E-state index is 11.2. The number of nitrogens with two attached hydrogens (primary N) is 1. The molecule has 0 aliphatic heterocycles. The van der Waals surface area contributed by atoms with E-state index in [4.69, 9.17) is 16.7 Å². The zero-order valence-electron chi connectivity index (χ0n) is 11.1. The first kappa shape index (κ1) is 14.7. The van der Waals surface area contributed by atoms with Crippen molar-refractivity contribution in [3.63, 3.8) is 0 Å². The molecule has 0 bridgehead atoms. The Morgan fingerprint density at radius 2 is 1.95 bits per heavy atom. The Kier molecular flexibility index (Phi) is 3.69. The minimum atomic E-state index is -3.69. The third kappa shape index (κ3) is 3.01. The predicted molar refractivity (Wildman–Crippen MR) is 81.8 cm³/mol. The van der Waals surface area contributed by atoms with Crippen molar-refractivity contribution in [3.05, 3.63) is 41.4 Å². The molecule has 0 unspecified atom stereocenters. The van der Waals surface area contributed by atoms with Crippen LogP contribution in [-0.4, -0.2) is 28.4 Å². The number of hydrogen-bond donors (Lipinski definition) is 3. The van der Waals surface area contributed by atoms with Crippen molar-refractivity contribution >= 4 is 38.6 Å². The van der Waals surface area contributed by atoms with Gasteiger partial charge in [-0.2, -0.15) is 9.97 Å². The van der Waals surface area contributed by atoms with Gasteiger partial charge in [0, 0.05) is 6.54 Å². The van der Waals surface area contributed by atoms with Gasteiger partial charge in [-0.15, -0.1) is 0 Å². The number of rotatable bonds is 4. The van der Waals surface area contributed by atoms with Crippen molar-refractivity contribution in [3.8, 4) is 0 Å². The van der Waals surface area contributed by atoms with Crippen LogP contribution in [0, 0.1) is 0 Å². The summed E-state index contributed by atoms with van der Waals surface area (Å²) >= 11 is 5.84. The molecule has 3 aromatic rings. The van der Waals surface area contributed by atoms with E-state index in [1.807, 2.05) is 0 Å². The number of benzene rings is 1. The van der Waals surface area contributed by atoms with Crippen molar-refractivity contribution in [2.24, 2.45) is 5.14 Å². The number of primary sulfonamides is 1. The first-order valence-electron chi connectivity index (χ1n) is 6.16. The lowest BCUT2D eigenvalue weighted by Crippen LogP contribution is -2.12. The average molecular weight is 339 g/mol. The second kappa shape index (κ2) is 5.52. The van der Waals surface area contributed by atoms with Crippen molar-refractivity contribution in [2.75, 3.05) is 5.32 Å². The lowest BCUT2D eigenvalue weighted by molar-refractivity contribution is 0.598. The van der Waals surface area contributed by atoms with Gasteiger partial charge in [0.05, 0.1) is 11.2 Å². The van der Waals surface area contributed by atoms with E-state index >= 15 is 0 Å². The lowest BCUT2D eigenvalue weighted by atomic mass is 10.2. The van der Waals surface area contributed by atoms with Gasteiger partial charge in [0.2, 0.25) is 15.3 Å². The quantitative estimate of drug-likeness (QED) is 0.615. The standard InChI is InChI=1S/C12H11ClN6O2S/c13-12-18-10(9-11(19-12)17-6-16-9)15-5-7-1-3-8(4-2-7)22(14,20)21/h1-4,6H,5H2,(H2,14,20,21)(H2,15,16,17,18,19). The first-order valence-corrected chi connectivity index (χ1v) is 8.08. The van der Waals surface area contributed by atoms with Crippen LogP contribution in [0.25, 0.3) is 11.2 Å². The summed E-state index contributed by atoms with van der Waals surface area (Å²) in [5.41, 5.74) is 1.97. The molecule has 2 heterocycles. The Balaban J connectivity index is 1.81. The van der Waals surface area contributed by atoms with Crippen LogP contribution in [0.15, 0.2) is 35.5 Å². The van der Waals surface area contributed by atoms with E-state index in [2.05, 4.69) is 25.3 Å². The van der Waals surface area contributed by atoms with Gasteiger partial charge in [-0.25, -0.2) is 18.5 Å². The third-order valence-corrected chi connectivity index (χ3v) is 4.07. The summed E-state index contributed by atoms with van der Waals surface area (Å²) in [6.07, 6.45) is 1.50. The molecule has 0 saturated heterocycles. The topological polar surface area (TPSA) is 127 Å². The average Bonchev–Trinajstić information content (AvgIpc) is 2.92. The number of halogens is 1. The monoisotopic (exact) mass is 338 g/mol. The Labute approximate surface area is 130 Å². The van der Waals surface area contributed by atoms with Gasteiger partial charge in [0.25, 0.3) is 0 Å². The number of imidazole rings is 1. The second-order valence-corrected chi connectivity index (χ2v) is 6.38. The molecule has 0 saturated carbocycles. The van der Waals surface area contributed by atoms with Gasteiger partial charge in [-0.3, -0.25) is 0 Å². The summed E-state index contributed by atoms with van der Waals surface area (Å²) < 4.78 is 22.4. The normalized spacial score (nSPS) is 11.7. The lowest BCUT2D eigenvalue weighted by Gasteiger charge is -2.07. The van der Waals surface area contributed by atoms with Gasteiger partial charge in [-0.1, -0.05) is 12.1 Å². The van der Waals surface area contributed by atoms with Gasteiger partial charge >= 0.3 is 0 Å². The molecule has 1 aromatic carbocycles. The Morgan fingerprint density at radius 1 is 1.23 bits per heavy atom. The maximum atomic E-state index is 11.2. The highest BCUT2D eigenvalue weighted by atomic mass is 35.5. The number of nitrogens with one attached hydrogen (secondary N) is 2. The molecule has 0 aliphatic carbocycles. The molecular weight excluding hydrogens is 328 g/mol. The molecule has 22 heavy (non-hydrogen) atoms. The molecule has 0 radical (unpaired) electrons. The van der Waals surface area contributed by atoms with E-state index in [1.54, 1.807) is 12.1 Å². The highest BCUT2D eigenvalue weighted by molar-refractivity contribution is 7.89. The molecule has 0 atom stereocenters. The molecule has 2 aromatic heterocycles. The van der Waals surface area contributed by atoms with E-state index in [-0.39, 0.29) is 10.2 Å². The summed E-state index contributed by atoms with van der Waals surface area (Å²) in [5, 5.41) is 8.24.